The maximum atomic E-state index is 8.96. The molecule has 1 unspecified atom stereocenters. The van der Waals surface area contributed by atoms with Gasteiger partial charge in [-0.2, -0.15) is 5.26 Å². The number of benzene rings is 1. The lowest BCUT2D eigenvalue weighted by molar-refractivity contribution is 0.415. The van der Waals surface area contributed by atoms with E-state index in [4.69, 9.17) is 40.1 Å². The number of nitrogens with zero attached hydrogens (tertiary/aromatic N) is 1. The zero-order valence-corrected chi connectivity index (χ0v) is 12.8. The highest BCUT2D eigenvalue weighted by molar-refractivity contribution is 6.48. The Bertz CT molecular complexity index is 478. The molecule has 0 amide bonds. The first-order chi connectivity index (χ1) is 8.28. The Labute approximate surface area is 123 Å². The van der Waals surface area contributed by atoms with Crippen LogP contribution in [-0.4, -0.2) is 6.54 Å². The first kappa shape index (κ1) is 15.6. The molecule has 18 heavy (non-hydrogen) atoms. The van der Waals surface area contributed by atoms with E-state index in [1.54, 1.807) is 6.07 Å². The highest BCUT2D eigenvalue weighted by Gasteiger charge is 2.19. The molecule has 2 nitrogen and oxygen atoms in total. The first-order valence-corrected chi connectivity index (χ1v) is 6.70. The molecule has 0 spiro atoms. The molecule has 0 aromatic heterocycles. The zero-order chi connectivity index (χ0) is 13.9. The molecule has 1 aromatic carbocycles. The van der Waals surface area contributed by atoms with Gasteiger partial charge in [0.25, 0.3) is 0 Å². The van der Waals surface area contributed by atoms with Crippen molar-refractivity contribution in [3.8, 4) is 6.07 Å². The van der Waals surface area contributed by atoms with Gasteiger partial charge in [0.1, 0.15) is 0 Å². The van der Waals surface area contributed by atoms with Gasteiger partial charge in [-0.25, -0.2) is 0 Å². The van der Waals surface area contributed by atoms with E-state index in [9.17, 15) is 0 Å². The smallest absolute Gasteiger partial charge is 0.0781 e. The van der Waals surface area contributed by atoms with E-state index < -0.39 is 5.41 Å². The maximum Gasteiger partial charge on any atom is 0.0781 e. The molecule has 0 aliphatic rings. The fraction of sp³-hybridized carbons (Fsp3) is 0.462. The summed E-state index contributed by atoms with van der Waals surface area (Å²) >= 11 is 18.0. The molecule has 0 aliphatic heterocycles. The predicted molar refractivity (Wildman–Crippen MR) is 77.3 cm³/mol. The second-order valence-corrected chi connectivity index (χ2v) is 6.03. The average Bonchev–Trinajstić information content (AvgIpc) is 2.33. The average molecular weight is 306 g/mol. The molecular formula is C13H15Cl3N2. The van der Waals surface area contributed by atoms with E-state index in [-0.39, 0.29) is 6.04 Å². The number of hydrogen-bond donors (Lipinski definition) is 1. The minimum absolute atomic E-state index is 0.000100. The highest BCUT2D eigenvalue weighted by Crippen LogP contribution is 2.35. The molecule has 0 saturated carbocycles. The van der Waals surface area contributed by atoms with Gasteiger partial charge in [-0.05, 0) is 32.4 Å². The predicted octanol–water partition coefficient (Wildman–Crippen LogP) is 4.85. The summed E-state index contributed by atoms with van der Waals surface area (Å²) in [6, 6.07) is 5.80. The Kier molecular flexibility index (Phi) is 5.31. The third kappa shape index (κ3) is 3.76. The van der Waals surface area contributed by atoms with E-state index in [1.807, 2.05) is 26.8 Å². The van der Waals surface area contributed by atoms with Crippen LogP contribution in [0.4, 0.5) is 0 Å². The van der Waals surface area contributed by atoms with E-state index in [0.717, 1.165) is 5.56 Å². The van der Waals surface area contributed by atoms with Crippen molar-refractivity contribution in [2.75, 3.05) is 6.54 Å². The molecule has 1 aromatic rings. The van der Waals surface area contributed by atoms with E-state index in [0.29, 0.717) is 21.6 Å². The number of hydrogen-bond acceptors (Lipinski definition) is 2. The lowest BCUT2D eigenvalue weighted by Gasteiger charge is -2.22. The van der Waals surface area contributed by atoms with Gasteiger partial charge >= 0.3 is 0 Å². The van der Waals surface area contributed by atoms with Crippen molar-refractivity contribution in [1.29, 1.82) is 5.26 Å². The molecule has 1 rings (SSSR count). The van der Waals surface area contributed by atoms with Crippen molar-refractivity contribution < 1.29 is 0 Å². The quantitative estimate of drug-likeness (QED) is 0.807. The molecule has 0 saturated heterocycles. The molecular weight excluding hydrogens is 291 g/mol. The Balaban J connectivity index is 2.83. The Morgan fingerprint density at radius 1 is 1.28 bits per heavy atom. The van der Waals surface area contributed by atoms with Gasteiger partial charge in [0.05, 0.1) is 26.6 Å². The van der Waals surface area contributed by atoms with Gasteiger partial charge in [0.15, 0.2) is 0 Å². The normalized spacial score (nSPS) is 13.2. The first-order valence-electron chi connectivity index (χ1n) is 5.56. The number of halogens is 3. The van der Waals surface area contributed by atoms with Crippen LogP contribution in [0.1, 0.15) is 32.4 Å². The molecule has 98 valence electrons. The van der Waals surface area contributed by atoms with Crippen molar-refractivity contribution >= 4 is 34.8 Å². The topological polar surface area (TPSA) is 35.8 Å². The molecule has 1 N–H and O–H groups in total. The van der Waals surface area contributed by atoms with E-state index in [1.165, 1.54) is 0 Å². The summed E-state index contributed by atoms with van der Waals surface area (Å²) in [5.41, 5.74) is 0.455. The van der Waals surface area contributed by atoms with Crippen LogP contribution in [0.3, 0.4) is 0 Å². The van der Waals surface area contributed by atoms with E-state index >= 15 is 0 Å². The molecule has 0 bridgehead atoms. The second kappa shape index (κ2) is 6.12. The lowest BCUT2D eigenvalue weighted by Crippen LogP contribution is -2.30. The zero-order valence-electron chi connectivity index (χ0n) is 10.5. The Morgan fingerprint density at radius 3 is 2.44 bits per heavy atom. The van der Waals surface area contributed by atoms with Crippen molar-refractivity contribution in [2.24, 2.45) is 5.41 Å². The van der Waals surface area contributed by atoms with Crippen LogP contribution in [0.5, 0.6) is 0 Å². The minimum Gasteiger partial charge on any atom is -0.309 e. The lowest BCUT2D eigenvalue weighted by atomic mass is 9.95. The highest BCUT2D eigenvalue weighted by atomic mass is 35.5. The fourth-order valence-corrected chi connectivity index (χ4v) is 2.14. The number of nitriles is 1. The monoisotopic (exact) mass is 304 g/mol. The van der Waals surface area contributed by atoms with Crippen LogP contribution in [-0.2, 0) is 0 Å². The molecule has 0 heterocycles. The third-order valence-electron chi connectivity index (χ3n) is 2.68. The standard InChI is InChI=1S/C13H15Cl3N2/c1-8(18-7-13(2,3)6-17)9-4-5-10(14)12(16)11(9)15/h4-5,8,18H,7H2,1-3H3. The fourth-order valence-electron chi connectivity index (χ4n) is 1.43. The SMILES string of the molecule is CC(NCC(C)(C)C#N)c1ccc(Cl)c(Cl)c1Cl. The van der Waals surface area contributed by atoms with Crippen molar-refractivity contribution in [3.05, 3.63) is 32.8 Å². The van der Waals surface area contributed by atoms with Gasteiger partial charge in [-0.1, -0.05) is 40.9 Å². The van der Waals surface area contributed by atoms with Crippen molar-refractivity contribution in [2.45, 2.75) is 26.8 Å². The van der Waals surface area contributed by atoms with Crippen molar-refractivity contribution in [3.63, 3.8) is 0 Å². The minimum atomic E-state index is -0.420. The summed E-state index contributed by atoms with van der Waals surface area (Å²) in [4.78, 5) is 0. The second-order valence-electron chi connectivity index (χ2n) is 4.86. The molecule has 5 heteroatoms. The summed E-state index contributed by atoms with van der Waals surface area (Å²) < 4.78 is 0. The van der Waals surface area contributed by atoms with Gasteiger partial charge in [0.2, 0.25) is 0 Å². The van der Waals surface area contributed by atoms with Crippen LogP contribution < -0.4 is 5.32 Å². The summed E-state index contributed by atoms with van der Waals surface area (Å²) in [6.45, 7) is 6.30. The Morgan fingerprint density at radius 2 is 1.89 bits per heavy atom. The molecule has 1 atom stereocenters. The summed E-state index contributed by atoms with van der Waals surface area (Å²) in [5.74, 6) is 0. The summed E-state index contributed by atoms with van der Waals surface area (Å²) in [6.07, 6.45) is 0. The summed E-state index contributed by atoms with van der Waals surface area (Å²) in [5, 5.41) is 13.5. The number of nitrogens with one attached hydrogen (secondary N) is 1. The van der Waals surface area contributed by atoms with E-state index in [2.05, 4.69) is 11.4 Å². The van der Waals surface area contributed by atoms with Crippen LogP contribution in [0.2, 0.25) is 15.1 Å². The van der Waals surface area contributed by atoms with Crippen LogP contribution in [0, 0.1) is 16.7 Å². The van der Waals surface area contributed by atoms with Gasteiger partial charge < -0.3 is 5.32 Å². The van der Waals surface area contributed by atoms with Gasteiger partial charge in [-0.3, -0.25) is 0 Å². The molecule has 0 radical (unpaired) electrons. The third-order valence-corrected chi connectivity index (χ3v) is 3.99. The maximum absolute atomic E-state index is 8.96. The van der Waals surface area contributed by atoms with Crippen molar-refractivity contribution in [1.82, 2.24) is 5.32 Å². The Hall–Kier alpha value is -0.460. The van der Waals surface area contributed by atoms with Gasteiger partial charge in [-0.15, -0.1) is 0 Å². The van der Waals surface area contributed by atoms with Crippen LogP contribution in [0.15, 0.2) is 12.1 Å². The van der Waals surface area contributed by atoms with Gasteiger partial charge in [0, 0.05) is 12.6 Å². The summed E-state index contributed by atoms with van der Waals surface area (Å²) in [7, 11) is 0. The molecule has 0 aliphatic carbocycles. The van der Waals surface area contributed by atoms with Crippen LogP contribution >= 0.6 is 34.8 Å². The largest absolute Gasteiger partial charge is 0.309 e. The van der Waals surface area contributed by atoms with Crippen LogP contribution in [0.25, 0.3) is 0 Å². The number of rotatable bonds is 4. The molecule has 0 fully saturated rings.